The van der Waals surface area contributed by atoms with Gasteiger partial charge in [0.05, 0.1) is 25.2 Å². The molecule has 3 N–H and O–H groups in total. The Balaban J connectivity index is 1.80. The van der Waals surface area contributed by atoms with E-state index in [0.717, 1.165) is 32.1 Å². The number of hydrogen-bond acceptors (Lipinski definition) is 4. The van der Waals surface area contributed by atoms with E-state index in [1.807, 2.05) is 6.92 Å². The number of carbonyl (C=O) groups excluding carboxylic acids is 2. The van der Waals surface area contributed by atoms with Crippen molar-refractivity contribution in [3.8, 4) is 0 Å². The number of nitrogens with one attached hydrogen (secondary N) is 2. The minimum atomic E-state index is -0.415. The van der Waals surface area contributed by atoms with Crippen LogP contribution in [-0.2, 0) is 14.3 Å². The van der Waals surface area contributed by atoms with Crippen molar-refractivity contribution in [1.82, 2.24) is 10.6 Å². The number of aliphatic hydroxyl groups excluding tert-OH is 1. The number of rotatable bonds is 6. The van der Waals surface area contributed by atoms with Gasteiger partial charge in [-0.15, -0.1) is 0 Å². The van der Waals surface area contributed by atoms with Crippen LogP contribution in [0, 0.1) is 5.92 Å². The maximum absolute atomic E-state index is 12.0. The third-order valence-corrected chi connectivity index (χ3v) is 4.39. The zero-order valence-corrected chi connectivity index (χ0v) is 12.6. The Morgan fingerprint density at radius 1 is 1.24 bits per heavy atom. The van der Waals surface area contributed by atoms with Crippen molar-refractivity contribution in [3.05, 3.63) is 0 Å². The second-order valence-corrected chi connectivity index (χ2v) is 5.96. The molecule has 3 atom stereocenters. The summed E-state index contributed by atoms with van der Waals surface area (Å²) in [7, 11) is 0. The van der Waals surface area contributed by atoms with E-state index < -0.39 is 6.10 Å². The molecule has 6 heteroatoms. The summed E-state index contributed by atoms with van der Waals surface area (Å²) in [5.74, 6) is 0.184. The molecule has 1 aliphatic heterocycles. The van der Waals surface area contributed by atoms with E-state index in [1.54, 1.807) is 0 Å². The number of ether oxygens (including phenoxy) is 1. The zero-order valence-electron chi connectivity index (χ0n) is 12.6. The maximum atomic E-state index is 12.0. The highest BCUT2D eigenvalue weighted by atomic mass is 16.5. The lowest BCUT2D eigenvalue weighted by Crippen LogP contribution is -2.53. The number of carbonyl (C=O) groups is 2. The Morgan fingerprint density at radius 3 is 2.57 bits per heavy atom. The molecule has 2 aliphatic rings. The SMILES string of the molecule is CCNC(=O)C[C@H]1CC[C@@H](NC(=O)C2CCC2)[C@H](CO)O1. The molecule has 0 aromatic carbocycles. The van der Waals surface area contributed by atoms with Gasteiger partial charge in [-0.05, 0) is 32.6 Å². The normalized spacial score (nSPS) is 29.5. The molecular weight excluding hydrogens is 272 g/mol. The molecule has 0 spiro atoms. The van der Waals surface area contributed by atoms with Gasteiger partial charge >= 0.3 is 0 Å². The third-order valence-electron chi connectivity index (χ3n) is 4.39. The van der Waals surface area contributed by atoms with Crippen LogP contribution in [0.2, 0.25) is 0 Å². The van der Waals surface area contributed by atoms with Crippen LogP contribution in [0.4, 0.5) is 0 Å². The molecule has 2 rings (SSSR count). The lowest BCUT2D eigenvalue weighted by Gasteiger charge is -2.37. The Morgan fingerprint density at radius 2 is 2.00 bits per heavy atom. The molecule has 0 radical (unpaired) electrons. The first-order valence-electron chi connectivity index (χ1n) is 7.97. The molecule has 6 nitrogen and oxygen atoms in total. The summed E-state index contributed by atoms with van der Waals surface area (Å²) in [6.07, 6.45) is 4.24. The van der Waals surface area contributed by atoms with Crippen molar-refractivity contribution in [3.63, 3.8) is 0 Å². The zero-order chi connectivity index (χ0) is 15.2. The molecule has 0 aromatic heterocycles. The van der Waals surface area contributed by atoms with E-state index in [4.69, 9.17) is 4.74 Å². The van der Waals surface area contributed by atoms with Crippen LogP contribution < -0.4 is 10.6 Å². The van der Waals surface area contributed by atoms with Gasteiger partial charge in [-0.1, -0.05) is 6.42 Å². The Hall–Kier alpha value is -1.14. The molecule has 1 heterocycles. The van der Waals surface area contributed by atoms with Crippen molar-refractivity contribution in [2.75, 3.05) is 13.2 Å². The first-order chi connectivity index (χ1) is 10.1. The van der Waals surface area contributed by atoms with E-state index in [-0.39, 0.29) is 36.5 Å². The van der Waals surface area contributed by atoms with E-state index in [0.29, 0.717) is 13.0 Å². The highest BCUT2D eigenvalue weighted by Crippen LogP contribution is 2.28. The summed E-state index contributed by atoms with van der Waals surface area (Å²) in [6, 6.07) is -0.145. The second-order valence-electron chi connectivity index (χ2n) is 5.96. The minimum absolute atomic E-state index is 0.0313. The van der Waals surface area contributed by atoms with Gasteiger partial charge in [0.25, 0.3) is 0 Å². The third kappa shape index (κ3) is 4.41. The van der Waals surface area contributed by atoms with Gasteiger partial charge < -0.3 is 20.5 Å². The summed E-state index contributed by atoms with van der Waals surface area (Å²) in [5, 5.41) is 15.2. The molecule has 1 aliphatic carbocycles. The molecule has 21 heavy (non-hydrogen) atoms. The predicted molar refractivity (Wildman–Crippen MR) is 77.6 cm³/mol. The van der Waals surface area contributed by atoms with Crippen molar-refractivity contribution < 1.29 is 19.4 Å². The standard InChI is InChI=1S/C15H26N2O4/c1-2-16-14(19)8-11-6-7-12(13(9-18)21-11)17-15(20)10-4-3-5-10/h10-13,18H,2-9H2,1H3,(H,16,19)(H,17,20)/t11-,12-,13+/m1/s1. The van der Waals surface area contributed by atoms with Gasteiger partial charge in [-0.2, -0.15) is 0 Å². The molecule has 1 saturated carbocycles. The van der Waals surface area contributed by atoms with Gasteiger partial charge in [0, 0.05) is 12.5 Å². The second kappa shape index (κ2) is 7.75. The van der Waals surface area contributed by atoms with Crippen LogP contribution in [0.1, 0.15) is 45.4 Å². The van der Waals surface area contributed by atoms with Gasteiger partial charge in [-0.3, -0.25) is 9.59 Å². The predicted octanol–water partition coefficient (Wildman–Crippen LogP) is 0.337. The maximum Gasteiger partial charge on any atom is 0.223 e. The van der Waals surface area contributed by atoms with E-state index in [2.05, 4.69) is 10.6 Å². The summed E-state index contributed by atoms with van der Waals surface area (Å²) in [6.45, 7) is 2.35. The summed E-state index contributed by atoms with van der Waals surface area (Å²) < 4.78 is 5.77. The number of hydrogen-bond donors (Lipinski definition) is 3. The highest BCUT2D eigenvalue weighted by molar-refractivity contribution is 5.79. The largest absolute Gasteiger partial charge is 0.394 e. The van der Waals surface area contributed by atoms with Gasteiger partial charge in [0.1, 0.15) is 6.10 Å². The Labute approximate surface area is 125 Å². The lowest BCUT2D eigenvalue weighted by molar-refractivity contribution is -0.138. The molecular formula is C15H26N2O4. The van der Waals surface area contributed by atoms with E-state index in [1.165, 1.54) is 0 Å². The summed E-state index contributed by atoms with van der Waals surface area (Å²) in [4.78, 5) is 23.6. The van der Waals surface area contributed by atoms with Gasteiger partial charge in [-0.25, -0.2) is 0 Å². The summed E-state index contributed by atoms with van der Waals surface area (Å²) in [5.41, 5.74) is 0. The molecule has 2 amide bonds. The lowest BCUT2D eigenvalue weighted by atomic mass is 9.84. The Kier molecular flexibility index (Phi) is 5.99. The average Bonchev–Trinajstić information content (AvgIpc) is 2.38. The van der Waals surface area contributed by atoms with Crippen molar-refractivity contribution in [2.45, 2.75) is 63.7 Å². The summed E-state index contributed by atoms with van der Waals surface area (Å²) >= 11 is 0. The van der Waals surface area contributed by atoms with E-state index >= 15 is 0 Å². The van der Waals surface area contributed by atoms with Crippen LogP contribution in [0.5, 0.6) is 0 Å². The fraction of sp³-hybridized carbons (Fsp3) is 0.867. The van der Waals surface area contributed by atoms with Crippen LogP contribution in [-0.4, -0.2) is 48.3 Å². The monoisotopic (exact) mass is 298 g/mol. The average molecular weight is 298 g/mol. The topological polar surface area (TPSA) is 87.7 Å². The van der Waals surface area contributed by atoms with Crippen molar-refractivity contribution in [1.29, 1.82) is 0 Å². The minimum Gasteiger partial charge on any atom is -0.394 e. The smallest absolute Gasteiger partial charge is 0.223 e. The quantitative estimate of drug-likeness (QED) is 0.660. The first kappa shape index (κ1) is 16.2. The molecule has 0 aromatic rings. The van der Waals surface area contributed by atoms with E-state index in [9.17, 15) is 14.7 Å². The fourth-order valence-corrected chi connectivity index (χ4v) is 2.89. The van der Waals surface area contributed by atoms with Crippen LogP contribution >= 0.6 is 0 Å². The van der Waals surface area contributed by atoms with Crippen molar-refractivity contribution in [2.24, 2.45) is 5.92 Å². The molecule has 0 unspecified atom stereocenters. The van der Waals surface area contributed by atoms with Gasteiger partial charge in [0.15, 0.2) is 0 Å². The number of amides is 2. The first-order valence-corrected chi connectivity index (χ1v) is 7.97. The van der Waals surface area contributed by atoms with Crippen LogP contribution in [0.3, 0.4) is 0 Å². The highest BCUT2D eigenvalue weighted by Gasteiger charge is 2.35. The Bertz CT molecular complexity index is 371. The van der Waals surface area contributed by atoms with Crippen LogP contribution in [0.25, 0.3) is 0 Å². The fourth-order valence-electron chi connectivity index (χ4n) is 2.89. The molecule has 2 fully saturated rings. The van der Waals surface area contributed by atoms with Crippen molar-refractivity contribution >= 4 is 11.8 Å². The van der Waals surface area contributed by atoms with Crippen LogP contribution in [0.15, 0.2) is 0 Å². The number of aliphatic hydroxyl groups is 1. The van der Waals surface area contributed by atoms with Gasteiger partial charge in [0.2, 0.25) is 11.8 Å². The molecule has 1 saturated heterocycles. The molecule has 120 valence electrons. The molecule has 0 bridgehead atoms.